The molecule has 0 aliphatic carbocycles. The summed E-state index contributed by atoms with van der Waals surface area (Å²) in [6.45, 7) is 6.60. The third-order valence-corrected chi connectivity index (χ3v) is 3.06. The van der Waals surface area contributed by atoms with Crippen molar-refractivity contribution in [1.29, 1.82) is 0 Å². The highest BCUT2D eigenvalue weighted by atomic mass is 16.5. The van der Waals surface area contributed by atoms with Crippen molar-refractivity contribution in [2.75, 3.05) is 20.3 Å². The van der Waals surface area contributed by atoms with Crippen LogP contribution in [0.1, 0.15) is 47.7 Å². The summed E-state index contributed by atoms with van der Waals surface area (Å²) in [5, 5.41) is 11.5. The summed E-state index contributed by atoms with van der Waals surface area (Å²) in [5.41, 5.74) is 2.59. The van der Waals surface area contributed by atoms with E-state index in [2.05, 4.69) is 19.2 Å². The maximum atomic E-state index is 12.1. The Morgan fingerprint density at radius 2 is 2.11 bits per heavy atom. The SMILES string of the molecule is COc1cc(C)c(C(=O)NCCCO)cc1C(C)C. The summed E-state index contributed by atoms with van der Waals surface area (Å²) in [4.78, 5) is 12.1. The van der Waals surface area contributed by atoms with Gasteiger partial charge >= 0.3 is 0 Å². The molecule has 4 nitrogen and oxygen atoms in total. The number of benzene rings is 1. The maximum Gasteiger partial charge on any atom is 0.251 e. The molecule has 1 aromatic rings. The maximum absolute atomic E-state index is 12.1. The highest BCUT2D eigenvalue weighted by Crippen LogP contribution is 2.29. The second-order valence-corrected chi connectivity index (χ2v) is 4.90. The van der Waals surface area contributed by atoms with E-state index in [0.717, 1.165) is 16.9 Å². The molecule has 4 heteroatoms. The molecule has 0 aromatic heterocycles. The lowest BCUT2D eigenvalue weighted by molar-refractivity contribution is 0.0950. The van der Waals surface area contributed by atoms with Gasteiger partial charge < -0.3 is 15.2 Å². The molecule has 0 fully saturated rings. The zero-order valence-corrected chi connectivity index (χ0v) is 12.1. The average Bonchev–Trinajstić information content (AvgIpc) is 2.37. The van der Waals surface area contributed by atoms with Crippen LogP contribution in [0.4, 0.5) is 0 Å². The van der Waals surface area contributed by atoms with E-state index in [9.17, 15) is 4.79 Å². The zero-order valence-electron chi connectivity index (χ0n) is 12.1. The van der Waals surface area contributed by atoms with Crippen LogP contribution < -0.4 is 10.1 Å². The van der Waals surface area contributed by atoms with E-state index in [-0.39, 0.29) is 12.5 Å². The quantitative estimate of drug-likeness (QED) is 0.776. The number of aryl methyl sites for hydroxylation is 1. The summed E-state index contributed by atoms with van der Waals surface area (Å²) in [5.74, 6) is 1.01. The van der Waals surface area contributed by atoms with Crippen molar-refractivity contribution < 1.29 is 14.6 Å². The second-order valence-electron chi connectivity index (χ2n) is 4.90. The molecule has 0 saturated carbocycles. The summed E-state index contributed by atoms with van der Waals surface area (Å²) in [7, 11) is 1.64. The van der Waals surface area contributed by atoms with Crippen LogP contribution in [0.2, 0.25) is 0 Å². The average molecular weight is 265 g/mol. The van der Waals surface area contributed by atoms with E-state index in [4.69, 9.17) is 9.84 Å². The van der Waals surface area contributed by atoms with Gasteiger partial charge in [-0.05, 0) is 42.5 Å². The zero-order chi connectivity index (χ0) is 14.4. The van der Waals surface area contributed by atoms with Gasteiger partial charge in [-0.1, -0.05) is 13.8 Å². The van der Waals surface area contributed by atoms with Crippen LogP contribution in [-0.4, -0.2) is 31.3 Å². The van der Waals surface area contributed by atoms with Gasteiger partial charge in [0.15, 0.2) is 0 Å². The minimum Gasteiger partial charge on any atom is -0.496 e. The van der Waals surface area contributed by atoms with Gasteiger partial charge in [-0.2, -0.15) is 0 Å². The highest BCUT2D eigenvalue weighted by molar-refractivity contribution is 5.96. The molecule has 106 valence electrons. The number of hydrogen-bond donors (Lipinski definition) is 2. The van der Waals surface area contributed by atoms with Gasteiger partial charge in [-0.15, -0.1) is 0 Å². The first-order valence-electron chi connectivity index (χ1n) is 6.58. The summed E-state index contributed by atoms with van der Waals surface area (Å²) >= 11 is 0. The molecule has 0 aliphatic heterocycles. The smallest absolute Gasteiger partial charge is 0.251 e. The van der Waals surface area contributed by atoms with Crippen molar-refractivity contribution >= 4 is 5.91 Å². The molecule has 2 N–H and O–H groups in total. The van der Waals surface area contributed by atoms with Gasteiger partial charge in [-0.3, -0.25) is 4.79 Å². The van der Waals surface area contributed by atoms with Crippen molar-refractivity contribution in [3.05, 3.63) is 28.8 Å². The fourth-order valence-corrected chi connectivity index (χ4v) is 1.95. The Kier molecular flexibility index (Phi) is 5.83. The predicted molar refractivity (Wildman–Crippen MR) is 75.9 cm³/mol. The Bertz CT molecular complexity index is 441. The Hall–Kier alpha value is -1.55. The third kappa shape index (κ3) is 3.96. The summed E-state index contributed by atoms with van der Waals surface area (Å²) in [6, 6.07) is 3.80. The van der Waals surface area contributed by atoms with Crippen LogP contribution in [-0.2, 0) is 0 Å². The van der Waals surface area contributed by atoms with Gasteiger partial charge in [-0.25, -0.2) is 0 Å². The van der Waals surface area contributed by atoms with E-state index < -0.39 is 0 Å². The molecule has 1 rings (SSSR count). The lowest BCUT2D eigenvalue weighted by Gasteiger charge is -2.16. The Morgan fingerprint density at radius 3 is 2.63 bits per heavy atom. The molecular weight excluding hydrogens is 242 g/mol. The van der Waals surface area contributed by atoms with Crippen LogP contribution >= 0.6 is 0 Å². The van der Waals surface area contributed by atoms with Crippen molar-refractivity contribution in [2.24, 2.45) is 0 Å². The summed E-state index contributed by atoms with van der Waals surface area (Å²) in [6.07, 6.45) is 0.567. The number of aliphatic hydroxyl groups excluding tert-OH is 1. The largest absolute Gasteiger partial charge is 0.496 e. The number of hydrogen-bond acceptors (Lipinski definition) is 3. The van der Waals surface area contributed by atoms with Crippen molar-refractivity contribution in [1.82, 2.24) is 5.32 Å². The molecule has 0 aliphatic rings. The molecule has 19 heavy (non-hydrogen) atoms. The molecule has 0 radical (unpaired) electrons. The molecule has 0 spiro atoms. The number of carbonyl (C=O) groups is 1. The fraction of sp³-hybridized carbons (Fsp3) is 0.533. The van der Waals surface area contributed by atoms with Crippen molar-refractivity contribution in [3.8, 4) is 5.75 Å². The first kappa shape index (κ1) is 15.5. The van der Waals surface area contributed by atoms with Crippen molar-refractivity contribution in [3.63, 3.8) is 0 Å². The van der Waals surface area contributed by atoms with Crippen LogP contribution in [0, 0.1) is 6.92 Å². The van der Waals surface area contributed by atoms with E-state index in [0.29, 0.717) is 24.4 Å². The number of rotatable bonds is 6. The number of nitrogens with one attached hydrogen (secondary N) is 1. The Morgan fingerprint density at radius 1 is 1.42 bits per heavy atom. The van der Waals surface area contributed by atoms with Gasteiger partial charge in [0, 0.05) is 18.7 Å². The number of methoxy groups -OCH3 is 1. The van der Waals surface area contributed by atoms with Gasteiger partial charge in [0.05, 0.1) is 7.11 Å². The van der Waals surface area contributed by atoms with E-state index in [1.807, 2.05) is 19.1 Å². The Balaban J connectivity index is 3.00. The molecular formula is C15H23NO3. The molecule has 0 atom stereocenters. The van der Waals surface area contributed by atoms with Crippen LogP contribution in [0.15, 0.2) is 12.1 Å². The second kappa shape index (κ2) is 7.14. The minimum absolute atomic E-state index is 0.0825. The molecule has 0 unspecified atom stereocenters. The van der Waals surface area contributed by atoms with Gasteiger partial charge in [0.25, 0.3) is 5.91 Å². The van der Waals surface area contributed by atoms with Crippen LogP contribution in [0.5, 0.6) is 5.75 Å². The van der Waals surface area contributed by atoms with Crippen LogP contribution in [0.3, 0.4) is 0 Å². The molecule has 0 bridgehead atoms. The summed E-state index contributed by atoms with van der Waals surface area (Å²) < 4.78 is 5.36. The third-order valence-electron chi connectivity index (χ3n) is 3.06. The number of amides is 1. The highest BCUT2D eigenvalue weighted by Gasteiger charge is 2.15. The lowest BCUT2D eigenvalue weighted by Crippen LogP contribution is -2.26. The predicted octanol–water partition coefficient (Wildman–Crippen LogP) is 2.24. The molecule has 1 aromatic carbocycles. The first-order valence-corrected chi connectivity index (χ1v) is 6.58. The molecule has 0 saturated heterocycles. The first-order chi connectivity index (χ1) is 9.01. The van der Waals surface area contributed by atoms with Crippen LogP contribution in [0.25, 0.3) is 0 Å². The number of aliphatic hydroxyl groups is 1. The molecule has 0 heterocycles. The fourth-order valence-electron chi connectivity index (χ4n) is 1.95. The number of ether oxygens (including phenoxy) is 1. The minimum atomic E-state index is -0.101. The van der Waals surface area contributed by atoms with Crippen molar-refractivity contribution in [2.45, 2.75) is 33.1 Å². The standard InChI is InChI=1S/C15H23NO3/c1-10(2)12-9-13(11(3)8-14(12)19-4)15(18)16-6-5-7-17/h8-10,17H,5-7H2,1-4H3,(H,16,18). The lowest BCUT2D eigenvalue weighted by atomic mass is 9.96. The number of carbonyl (C=O) groups excluding carboxylic acids is 1. The monoisotopic (exact) mass is 265 g/mol. The van der Waals surface area contributed by atoms with E-state index in [1.54, 1.807) is 7.11 Å². The van der Waals surface area contributed by atoms with Gasteiger partial charge in [0.1, 0.15) is 5.75 Å². The normalized spacial score (nSPS) is 10.6. The topological polar surface area (TPSA) is 58.6 Å². The van der Waals surface area contributed by atoms with Gasteiger partial charge in [0.2, 0.25) is 0 Å². The molecule has 1 amide bonds. The Labute approximate surface area is 114 Å². The van der Waals surface area contributed by atoms with E-state index in [1.165, 1.54) is 0 Å². The van der Waals surface area contributed by atoms with E-state index >= 15 is 0 Å².